The van der Waals surface area contributed by atoms with Crippen molar-refractivity contribution >= 4 is 0 Å². The Morgan fingerprint density at radius 1 is 1.21 bits per heavy atom. The maximum absolute atomic E-state index is 9.29. The topological polar surface area (TPSA) is 41.5 Å². The number of hydrogen-bond donors (Lipinski definition) is 2. The summed E-state index contributed by atoms with van der Waals surface area (Å²) in [6, 6.07) is 0.388. The molecular formula is C16H33NO2. The second kappa shape index (κ2) is 6.11. The van der Waals surface area contributed by atoms with Crippen LogP contribution in [0, 0.1) is 5.41 Å². The zero-order valence-electron chi connectivity index (χ0n) is 13.7. The van der Waals surface area contributed by atoms with Gasteiger partial charge in [0.15, 0.2) is 0 Å². The Morgan fingerprint density at radius 3 is 2.16 bits per heavy atom. The van der Waals surface area contributed by atoms with E-state index in [0.29, 0.717) is 6.04 Å². The summed E-state index contributed by atoms with van der Waals surface area (Å²) < 4.78 is 6.13. The molecule has 0 spiro atoms. The van der Waals surface area contributed by atoms with Crippen molar-refractivity contribution in [3.8, 4) is 0 Å². The predicted octanol–water partition coefficient (Wildman–Crippen LogP) is 3.11. The summed E-state index contributed by atoms with van der Waals surface area (Å²) in [5, 5.41) is 13.0. The molecule has 0 aromatic heterocycles. The number of ether oxygens (including phenoxy) is 1. The summed E-state index contributed by atoms with van der Waals surface area (Å²) in [7, 11) is 0. The molecule has 2 N–H and O–H groups in total. The Morgan fingerprint density at radius 2 is 1.79 bits per heavy atom. The highest BCUT2D eigenvalue weighted by atomic mass is 16.5. The molecule has 1 saturated heterocycles. The largest absolute Gasteiger partial charge is 0.396 e. The van der Waals surface area contributed by atoms with E-state index in [0.717, 1.165) is 32.2 Å². The van der Waals surface area contributed by atoms with E-state index in [4.69, 9.17) is 4.74 Å². The van der Waals surface area contributed by atoms with Gasteiger partial charge in [-0.15, -0.1) is 0 Å². The maximum Gasteiger partial charge on any atom is 0.0787 e. The first-order valence-electron chi connectivity index (χ1n) is 7.75. The van der Waals surface area contributed by atoms with Crippen LogP contribution in [0.25, 0.3) is 0 Å². The van der Waals surface area contributed by atoms with E-state index in [9.17, 15) is 5.11 Å². The average molecular weight is 271 g/mol. The van der Waals surface area contributed by atoms with E-state index < -0.39 is 0 Å². The van der Waals surface area contributed by atoms with Gasteiger partial charge in [-0.25, -0.2) is 0 Å². The molecule has 3 heteroatoms. The highest BCUT2D eigenvalue weighted by Gasteiger charge is 2.46. The normalized spacial score (nSPS) is 25.7. The molecule has 0 aliphatic carbocycles. The van der Waals surface area contributed by atoms with Crippen LogP contribution in [-0.4, -0.2) is 35.5 Å². The van der Waals surface area contributed by atoms with Crippen molar-refractivity contribution in [2.24, 2.45) is 5.41 Å². The van der Waals surface area contributed by atoms with Crippen molar-refractivity contribution in [1.82, 2.24) is 5.32 Å². The molecule has 0 aromatic carbocycles. The Hall–Kier alpha value is -0.120. The summed E-state index contributed by atoms with van der Waals surface area (Å²) in [6.45, 7) is 14.4. The lowest BCUT2D eigenvalue weighted by Crippen LogP contribution is -2.47. The van der Waals surface area contributed by atoms with Gasteiger partial charge in [-0.3, -0.25) is 0 Å². The highest BCUT2D eigenvalue weighted by molar-refractivity contribution is 4.99. The Kier molecular flexibility index (Phi) is 5.44. The van der Waals surface area contributed by atoms with E-state index >= 15 is 0 Å². The fraction of sp³-hybridized carbons (Fsp3) is 1.00. The average Bonchev–Trinajstić information content (AvgIpc) is 2.52. The van der Waals surface area contributed by atoms with E-state index in [1.807, 2.05) is 0 Å². The number of aliphatic hydroxyl groups is 1. The van der Waals surface area contributed by atoms with Gasteiger partial charge in [-0.2, -0.15) is 0 Å². The van der Waals surface area contributed by atoms with Crippen molar-refractivity contribution in [2.75, 3.05) is 13.2 Å². The number of rotatable bonds is 7. The van der Waals surface area contributed by atoms with Crippen LogP contribution < -0.4 is 5.32 Å². The molecule has 1 fully saturated rings. The smallest absolute Gasteiger partial charge is 0.0787 e. The fourth-order valence-corrected chi connectivity index (χ4v) is 3.40. The minimum absolute atomic E-state index is 0.0424. The third-order valence-corrected chi connectivity index (χ3v) is 4.94. The standard InChI is InChI=1S/C16H33NO2/c1-7-16(8-2,9-10-18)12-17-13-11-14(3,4)19-15(13,5)6/h13,17-18H,7-12H2,1-6H3. The van der Waals surface area contributed by atoms with E-state index in [1.54, 1.807) is 0 Å². The third-order valence-electron chi connectivity index (χ3n) is 4.94. The minimum atomic E-state index is -0.115. The molecule has 0 aromatic rings. The molecule has 1 atom stereocenters. The van der Waals surface area contributed by atoms with Crippen molar-refractivity contribution < 1.29 is 9.84 Å². The van der Waals surface area contributed by atoms with Crippen LogP contribution in [-0.2, 0) is 4.74 Å². The van der Waals surface area contributed by atoms with Crippen LogP contribution in [0.2, 0.25) is 0 Å². The minimum Gasteiger partial charge on any atom is -0.396 e. The molecule has 0 radical (unpaired) electrons. The van der Waals surface area contributed by atoms with Gasteiger partial charge >= 0.3 is 0 Å². The molecule has 0 bridgehead atoms. The molecule has 1 heterocycles. The van der Waals surface area contributed by atoms with Crippen LogP contribution in [0.3, 0.4) is 0 Å². The second-order valence-electron chi connectivity index (χ2n) is 7.28. The van der Waals surface area contributed by atoms with Crippen LogP contribution in [0.4, 0.5) is 0 Å². The quantitative estimate of drug-likeness (QED) is 0.747. The van der Waals surface area contributed by atoms with Crippen LogP contribution in [0.1, 0.15) is 67.2 Å². The van der Waals surface area contributed by atoms with Gasteiger partial charge in [-0.05, 0) is 58.8 Å². The predicted molar refractivity (Wildman–Crippen MR) is 80.4 cm³/mol. The molecule has 1 rings (SSSR count). The zero-order valence-corrected chi connectivity index (χ0v) is 13.7. The third kappa shape index (κ3) is 4.17. The summed E-state index contributed by atoms with van der Waals surface area (Å²) in [4.78, 5) is 0. The first-order valence-corrected chi connectivity index (χ1v) is 7.75. The van der Waals surface area contributed by atoms with E-state index in [-0.39, 0.29) is 23.2 Å². The van der Waals surface area contributed by atoms with Crippen LogP contribution in [0.15, 0.2) is 0 Å². The summed E-state index contributed by atoms with van der Waals surface area (Å²) in [5.74, 6) is 0. The SMILES string of the molecule is CCC(CC)(CCO)CNC1CC(C)(C)OC1(C)C. The first kappa shape index (κ1) is 16.9. The number of aliphatic hydroxyl groups excluding tert-OH is 1. The van der Waals surface area contributed by atoms with E-state index in [2.05, 4.69) is 46.9 Å². The molecule has 3 nitrogen and oxygen atoms in total. The lowest BCUT2D eigenvalue weighted by molar-refractivity contribution is -0.0704. The summed E-state index contributed by atoms with van der Waals surface area (Å²) in [5.41, 5.74) is 0.0622. The molecule has 0 saturated carbocycles. The molecule has 19 heavy (non-hydrogen) atoms. The highest BCUT2D eigenvalue weighted by Crippen LogP contribution is 2.38. The number of hydrogen-bond acceptors (Lipinski definition) is 3. The Bertz CT molecular complexity index is 282. The second-order valence-corrected chi connectivity index (χ2v) is 7.28. The van der Waals surface area contributed by atoms with E-state index in [1.165, 1.54) is 0 Å². The summed E-state index contributed by atoms with van der Waals surface area (Å²) in [6.07, 6.45) is 4.13. The van der Waals surface area contributed by atoms with Crippen LogP contribution in [0.5, 0.6) is 0 Å². The molecule has 1 aliphatic rings. The Labute approximate surface area is 119 Å². The summed E-state index contributed by atoms with van der Waals surface area (Å²) >= 11 is 0. The Balaban J connectivity index is 2.64. The molecule has 1 aliphatic heterocycles. The number of nitrogens with one attached hydrogen (secondary N) is 1. The van der Waals surface area contributed by atoms with Crippen molar-refractivity contribution in [3.05, 3.63) is 0 Å². The van der Waals surface area contributed by atoms with Gasteiger partial charge < -0.3 is 15.2 Å². The first-order chi connectivity index (χ1) is 8.70. The van der Waals surface area contributed by atoms with Crippen LogP contribution >= 0.6 is 0 Å². The zero-order chi connectivity index (χ0) is 14.7. The van der Waals surface area contributed by atoms with Crippen molar-refractivity contribution in [2.45, 2.75) is 84.5 Å². The van der Waals surface area contributed by atoms with Gasteiger partial charge in [0.05, 0.1) is 11.2 Å². The lowest BCUT2D eigenvalue weighted by atomic mass is 9.78. The maximum atomic E-state index is 9.29. The molecular weight excluding hydrogens is 238 g/mol. The molecule has 1 unspecified atom stereocenters. The lowest BCUT2D eigenvalue weighted by Gasteiger charge is -2.35. The molecule has 114 valence electrons. The van der Waals surface area contributed by atoms with Crippen molar-refractivity contribution in [1.29, 1.82) is 0 Å². The fourth-order valence-electron chi connectivity index (χ4n) is 3.40. The monoisotopic (exact) mass is 271 g/mol. The van der Waals surface area contributed by atoms with Gasteiger partial charge in [-0.1, -0.05) is 13.8 Å². The van der Waals surface area contributed by atoms with Crippen molar-refractivity contribution in [3.63, 3.8) is 0 Å². The van der Waals surface area contributed by atoms with Gasteiger partial charge in [0.25, 0.3) is 0 Å². The van der Waals surface area contributed by atoms with Gasteiger partial charge in [0.2, 0.25) is 0 Å². The van der Waals surface area contributed by atoms with Gasteiger partial charge in [0.1, 0.15) is 0 Å². The van der Waals surface area contributed by atoms with Gasteiger partial charge in [0, 0.05) is 19.2 Å². The molecule has 0 amide bonds.